The summed E-state index contributed by atoms with van der Waals surface area (Å²) in [5, 5.41) is 18.3. The number of aliphatic hydroxyl groups is 2. The third kappa shape index (κ3) is 3.80. The molecule has 2 N–H and O–H groups in total. The zero-order valence-corrected chi connectivity index (χ0v) is 12.4. The van der Waals surface area contributed by atoms with Crippen molar-refractivity contribution in [1.29, 1.82) is 0 Å². The van der Waals surface area contributed by atoms with Gasteiger partial charge in [-0.05, 0) is 58.8 Å². The molecule has 19 heavy (non-hydrogen) atoms. The summed E-state index contributed by atoms with van der Waals surface area (Å²) in [4.78, 5) is 2.72. The van der Waals surface area contributed by atoms with Crippen LogP contribution in [-0.4, -0.2) is 45.9 Å². The third-order valence-corrected chi connectivity index (χ3v) is 4.76. The highest BCUT2D eigenvalue weighted by atomic mass is 16.3. The quantitative estimate of drug-likeness (QED) is 0.752. The van der Waals surface area contributed by atoms with Gasteiger partial charge in [-0.25, -0.2) is 0 Å². The van der Waals surface area contributed by atoms with Crippen LogP contribution >= 0.6 is 0 Å². The molecular weight excluding hydrogens is 238 g/mol. The van der Waals surface area contributed by atoms with Crippen LogP contribution in [0.4, 0.5) is 0 Å². The molecule has 2 aliphatic rings. The number of aliphatic hydroxyl groups excluding tert-OH is 2. The molecule has 3 nitrogen and oxygen atoms in total. The van der Waals surface area contributed by atoms with Gasteiger partial charge in [0.15, 0.2) is 0 Å². The van der Waals surface area contributed by atoms with Crippen LogP contribution in [0.2, 0.25) is 0 Å². The molecule has 2 heterocycles. The highest BCUT2D eigenvalue weighted by Gasteiger charge is 2.35. The molecule has 0 radical (unpaired) electrons. The van der Waals surface area contributed by atoms with E-state index in [0.717, 1.165) is 18.5 Å². The van der Waals surface area contributed by atoms with E-state index in [0.29, 0.717) is 12.5 Å². The summed E-state index contributed by atoms with van der Waals surface area (Å²) in [6.07, 6.45) is 9.79. The SMILES string of the molecule is CC(C)N1C2C/C=C(\CCC(O)CO)CCC1CC2. The van der Waals surface area contributed by atoms with E-state index in [4.69, 9.17) is 5.11 Å². The number of hydrogen-bond acceptors (Lipinski definition) is 3. The molecule has 0 saturated carbocycles. The fraction of sp³-hybridized carbons (Fsp3) is 0.875. The molecule has 0 aliphatic carbocycles. The van der Waals surface area contributed by atoms with Crippen molar-refractivity contribution in [1.82, 2.24) is 4.90 Å². The second-order valence-corrected chi connectivity index (χ2v) is 6.44. The molecule has 3 atom stereocenters. The Hall–Kier alpha value is -0.380. The number of allylic oxidation sites excluding steroid dienone is 1. The number of hydrogen-bond donors (Lipinski definition) is 2. The van der Waals surface area contributed by atoms with Gasteiger partial charge < -0.3 is 10.2 Å². The van der Waals surface area contributed by atoms with Crippen LogP contribution in [-0.2, 0) is 0 Å². The second-order valence-electron chi connectivity index (χ2n) is 6.44. The first-order valence-corrected chi connectivity index (χ1v) is 7.86. The Kier molecular flexibility index (Phi) is 5.43. The maximum absolute atomic E-state index is 9.46. The molecule has 1 fully saturated rings. The fourth-order valence-corrected chi connectivity index (χ4v) is 3.78. The van der Waals surface area contributed by atoms with Gasteiger partial charge >= 0.3 is 0 Å². The van der Waals surface area contributed by atoms with Crippen LogP contribution < -0.4 is 0 Å². The monoisotopic (exact) mass is 267 g/mol. The Bertz CT molecular complexity index is 314. The molecule has 110 valence electrons. The predicted octanol–water partition coefficient (Wildman–Crippen LogP) is 2.47. The van der Waals surface area contributed by atoms with Crippen molar-refractivity contribution in [2.24, 2.45) is 0 Å². The average Bonchev–Trinajstić information content (AvgIpc) is 2.81. The van der Waals surface area contributed by atoms with E-state index >= 15 is 0 Å². The number of fused-ring (bicyclic) bond motifs is 2. The molecule has 0 amide bonds. The van der Waals surface area contributed by atoms with Crippen LogP contribution in [0.3, 0.4) is 0 Å². The topological polar surface area (TPSA) is 43.7 Å². The molecule has 0 spiro atoms. The lowest BCUT2D eigenvalue weighted by Crippen LogP contribution is -2.41. The van der Waals surface area contributed by atoms with Gasteiger partial charge in [0.05, 0.1) is 12.7 Å². The maximum Gasteiger partial charge on any atom is 0.0774 e. The molecule has 3 heteroatoms. The van der Waals surface area contributed by atoms with Crippen LogP contribution in [0.5, 0.6) is 0 Å². The minimum absolute atomic E-state index is 0.111. The molecule has 0 aromatic carbocycles. The van der Waals surface area contributed by atoms with Gasteiger partial charge in [-0.1, -0.05) is 11.6 Å². The summed E-state index contributed by atoms with van der Waals surface area (Å²) >= 11 is 0. The summed E-state index contributed by atoms with van der Waals surface area (Å²) in [5.41, 5.74) is 1.49. The predicted molar refractivity (Wildman–Crippen MR) is 78.0 cm³/mol. The van der Waals surface area contributed by atoms with Gasteiger partial charge in [0, 0.05) is 18.1 Å². The molecular formula is C16H29NO2. The summed E-state index contributed by atoms with van der Waals surface area (Å²) in [6.45, 7) is 4.52. The summed E-state index contributed by atoms with van der Waals surface area (Å²) in [5.74, 6) is 0. The smallest absolute Gasteiger partial charge is 0.0774 e. The van der Waals surface area contributed by atoms with Crippen LogP contribution in [0.1, 0.15) is 58.8 Å². The van der Waals surface area contributed by atoms with E-state index in [1.54, 1.807) is 0 Å². The molecule has 1 saturated heterocycles. The van der Waals surface area contributed by atoms with Crippen molar-refractivity contribution in [3.63, 3.8) is 0 Å². The fourth-order valence-electron chi connectivity index (χ4n) is 3.78. The lowest BCUT2D eigenvalue weighted by Gasteiger charge is -2.35. The first-order valence-electron chi connectivity index (χ1n) is 7.86. The number of nitrogens with zero attached hydrogens (tertiary/aromatic N) is 1. The van der Waals surface area contributed by atoms with Gasteiger partial charge in [-0.15, -0.1) is 0 Å². The number of rotatable bonds is 5. The Morgan fingerprint density at radius 2 is 2.00 bits per heavy atom. The maximum atomic E-state index is 9.46. The van der Waals surface area contributed by atoms with Crippen LogP contribution in [0.25, 0.3) is 0 Å². The van der Waals surface area contributed by atoms with Gasteiger partial charge in [0.2, 0.25) is 0 Å². The zero-order valence-electron chi connectivity index (χ0n) is 12.4. The highest BCUT2D eigenvalue weighted by Crippen LogP contribution is 2.35. The van der Waals surface area contributed by atoms with Crippen molar-refractivity contribution >= 4 is 0 Å². The molecule has 2 rings (SSSR count). The van der Waals surface area contributed by atoms with Crippen molar-refractivity contribution in [3.05, 3.63) is 11.6 Å². The van der Waals surface area contributed by atoms with Crippen molar-refractivity contribution in [2.45, 2.75) is 83.0 Å². The van der Waals surface area contributed by atoms with Crippen molar-refractivity contribution in [3.8, 4) is 0 Å². The van der Waals surface area contributed by atoms with Crippen LogP contribution in [0, 0.1) is 0 Å². The Morgan fingerprint density at radius 1 is 1.26 bits per heavy atom. The van der Waals surface area contributed by atoms with E-state index in [-0.39, 0.29) is 6.61 Å². The largest absolute Gasteiger partial charge is 0.394 e. The molecule has 2 bridgehead atoms. The highest BCUT2D eigenvalue weighted by molar-refractivity contribution is 5.08. The van der Waals surface area contributed by atoms with E-state index in [1.807, 2.05) is 0 Å². The molecule has 0 aromatic heterocycles. The van der Waals surface area contributed by atoms with Crippen molar-refractivity contribution < 1.29 is 10.2 Å². The first kappa shape index (κ1) is 15.0. The second kappa shape index (κ2) is 6.87. The third-order valence-electron chi connectivity index (χ3n) is 4.76. The Balaban J connectivity index is 1.93. The van der Waals surface area contributed by atoms with E-state index in [1.165, 1.54) is 37.7 Å². The lowest BCUT2D eigenvalue weighted by molar-refractivity contribution is 0.0880. The average molecular weight is 267 g/mol. The zero-order chi connectivity index (χ0) is 13.8. The summed E-state index contributed by atoms with van der Waals surface area (Å²) in [7, 11) is 0. The Labute approximate surface area is 117 Å². The van der Waals surface area contributed by atoms with Gasteiger partial charge in [0.1, 0.15) is 0 Å². The Morgan fingerprint density at radius 3 is 2.68 bits per heavy atom. The minimum atomic E-state index is -0.546. The van der Waals surface area contributed by atoms with Gasteiger partial charge in [-0.3, -0.25) is 4.90 Å². The molecule has 3 unspecified atom stereocenters. The van der Waals surface area contributed by atoms with Gasteiger partial charge in [0.25, 0.3) is 0 Å². The first-order chi connectivity index (χ1) is 9.11. The van der Waals surface area contributed by atoms with Crippen LogP contribution in [0.15, 0.2) is 11.6 Å². The van der Waals surface area contributed by atoms with E-state index < -0.39 is 6.10 Å². The summed E-state index contributed by atoms with van der Waals surface area (Å²) in [6, 6.07) is 2.14. The van der Waals surface area contributed by atoms with Crippen molar-refractivity contribution in [2.75, 3.05) is 6.61 Å². The van der Waals surface area contributed by atoms with Gasteiger partial charge in [-0.2, -0.15) is 0 Å². The standard InChI is InChI=1S/C16H29NO2/c1-12(2)17-14-6-3-13(5-10-16(19)11-18)4-7-15(17)9-8-14/h3,12,14-16,18-19H,4-11H2,1-2H3/b13-3-. The minimum Gasteiger partial charge on any atom is -0.394 e. The molecule has 0 aromatic rings. The molecule has 2 aliphatic heterocycles. The summed E-state index contributed by atoms with van der Waals surface area (Å²) < 4.78 is 0. The van der Waals surface area contributed by atoms with E-state index in [9.17, 15) is 5.11 Å². The van der Waals surface area contributed by atoms with E-state index in [2.05, 4.69) is 24.8 Å². The normalized spacial score (nSPS) is 32.8. The lowest BCUT2D eigenvalue weighted by atomic mass is 9.96.